The van der Waals surface area contributed by atoms with Gasteiger partial charge in [-0.25, -0.2) is 0 Å². The van der Waals surface area contributed by atoms with Crippen LogP contribution in [0.5, 0.6) is 0 Å². The number of hydrogen-bond donors (Lipinski definition) is 0. The van der Waals surface area contributed by atoms with Crippen LogP contribution >= 0.6 is 0 Å². The molecule has 0 saturated heterocycles. The number of allylic oxidation sites excluding steroid dienone is 3. The summed E-state index contributed by atoms with van der Waals surface area (Å²) in [4.78, 5) is 0. The Balaban J connectivity index is 3.45. The van der Waals surface area contributed by atoms with Crippen LogP contribution in [0.1, 0.15) is 39.5 Å². The average molecular weight is 151 g/mol. The third-order valence-corrected chi connectivity index (χ3v) is 1.77. The SMILES string of the molecule is C=C[CH]/C(=C\C)CCCCC. The smallest absolute Gasteiger partial charge is 0.00741 e. The van der Waals surface area contributed by atoms with Crippen LogP contribution in [-0.2, 0) is 0 Å². The van der Waals surface area contributed by atoms with Gasteiger partial charge in [0.15, 0.2) is 0 Å². The largest absolute Gasteiger partial charge is 0.102 e. The lowest BCUT2D eigenvalue weighted by molar-refractivity contribution is 0.716. The average Bonchev–Trinajstić information content (AvgIpc) is 2.03. The van der Waals surface area contributed by atoms with Gasteiger partial charge in [-0.05, 0) is 19.8 Å². The third-order valence-electron chi connectivity index (χ3n) is 1.77. The Morgan fingerprint density at radius 2 is 2.09 bits per heavy atom. The van der Waals surface area contributed by atoms with Crippen molar-refractivity contribution in [2.75, 3.05) is 0 Å². The van der Waals surface area contributed by atoms with Gasteiger partial charge in [0.05, 0.1) is 0 Å². The van der Waals surface area contributed by atoms with Crippen LogP contribution in [0, 0.1) is 6.42 Å². The zero-order chi connectivity index (χ0) is 8.53. The minimum absolute atomic E-state index is 1.20. The summed E-state index contributed by atoms with van der Waals surface area (Å²) in [6, 6.07) is 0. The molecular formula is C11H19. The first-order valence-corrected chi connectivity index (χ1v) is 4.46. The molecule has 0 atom stereocenters. The maximum absolute atomic E-state index is 3.68. The minimum Gasteiger partial charge on any atom is -0.102 e. The highest BCUT2D eigenvalue weighted by atomic mass is 14.0. The van der Waals surface area contributed by atoms with E-state index in [2.05, 4.69) is 32.9 Å². The molecule has 0 heterocycles. The molecule has 1 radical (unpaired) electrons. The van der Waals surface area contributed by atoms with Crippen LogP contribution in [0.2, 0.25) is 0 Å². The van der Waals surface area contributed by atoms with E-state index >= 15 is 0 Å². The van der Waals surface area contributed by atoms with Crippen molar-refractivity contribution < 1.29 is 0 Å². The topological polar surface area (TPSA) is 0 Å². The zero-order valence-corrected chi connectivity index (χ0v) is 7.77. The highest BCUT2D eigenvalue weighted by Crippen LogP contribution is 2.11. The number of rotatable bonds is 6. The third kappa shape index (κ3) is 5.90. The number of unbranched alkanes of at least 4 members (excludes halogenated alkanes) is 2. The molecular weight excluding hydrogens is 132 g/mol. The van der Waals surface area contributed by atoms with Crippen LogP contribution in [-0.4, -0.2) is 0 Å². The summed E-state index contributed by atoms with van der Waals surface area (Å²) in [5.74, 6) is 0. The maximum atomic E-state index is 3.68. The van der Waals surface area contributed by atoms with Crippen LogP contribution < -0.4 is 0 Å². The second-order valence-corrected chi connectivity index (χ2v) is 2.72. The molecule has 0 fully saturated rings. The fraction of sp³-hybridized carbons (Fsp3) is 0.545. The van der Waals surface area contributed by atoms with Crippen molar-refractivity contribution in [3.8, 4) is 0 Å². The van der Waals surface area contributed by atoms with Crippen molar-refractivity contribution >= 4 is 0 Å². The minimum atomic E-state index is 1.20. The molecule has 0 nitrogen and oxygen atoms in total. The quantitative estimate of drug-likeness (QED) is 0.505. The van der Waals surface area contributed by atoms with Crippen molar-refractivity contribution in [3.63, 3.8) is 0 Å². The highest BCUT2D eigenvalue weighted by molar-refractivity contribution is 5.18. The van der Waals surface area contributed by atoms with Crippen LogP contribution in [0.15, 0.2) is 24.3 Å². The Bertz CT molecular complexity index is 120. The first kappa shape index (κ1) is 10.5. The molecule has 0 bridgehead atoms. The normalized spacial score (nSPS) is 11.6. The second kappa shape index (κ2) is 7.59. The first-order valence-electron chi connectivity index (χ1n) is 4.46. The van der Waals surface area contributed by atoms with Crippen LogP contribution in [0.3, 0.4) is 0 Å². The molecule has 0 aromatic heterocycles. The molecule has 0 rings (SSSR count). The maximum Gasteiger partial charge on any atom is 0.00741 e. The molecule has 0 N–H and O–H groups in total. The Labute approximate surface area is 71.0 Å². The first-order chi connectivity index (χ1) is 5.35. The molecule has 0 aromatic carbocycles. The lowest BCUT2D eigenvalue weighted by Gasteiger charge is -2.01. The summed E-state index contributed by atoms with van der Waals surface area (Å²) < 4.78 is 0. The molecule has 0 spiro atoms. The zero-order valence-electron chi connectivity index (χ0n) is 7.77. The van der Waals surface area contributed by atoms with Crippen molar-refractivity contribution in [1.82, 2.24) is 0 Å². The predicted octanol–water partition coefficient (Wildman–Crippen LogP) is 3.90. The van der Waals surface area contributed by atoms with Crippen LogP contribution in [0.25, 0.3) is 0 Å². The molecule has 0 aliphatic heterocycles. The summed E-state index contributed by atoms with van der Waals surface area (Å²) in [7, 11) is 0. The van der Waals surface area contributed by atoms with E-state index in [0.29, 0.717) is 0 Å². The van der Waals surface area contributed by atoms with E-state index in [0.717, 1.165) is 0 Å². The van der Waals surface area contributed by atoms with Crippen molar-refractivity contribution in [2.45, 2.75) is 39.5 Å². The summed E-state index contributed by atoms with van der Waals surface area (Å²) in [6.45, 7) is 7.99. The molecule has 63 valence electrons. The van der Waals surface area contributed by atoms with E-state index in [1.165, 1.54) is 31.3 Å². The van der Waals surface area contributed by atoms with E-state index < -0.39 is 0 Å². The van der Waals surface area contributed by atoms with Gasteiger partial charge in [-0.15, -0.1) is 6.58 Å². The lowest BCUT2D eigenvalue weighted by atomic mass is 10.0. The highest BCUT2D eigenvalue weighted by Gasteiger charge is 1.92. The Morgan fingerprint density at radius 1 is 1.36 bits per heavy atom. The molecule has 0 aliphatic rings. The van der Waals surface area contributed by atoms with E-state index in [-0.39, 0.29) is 0 Å². The number of hydrogen-bond acceptors (Lipinski definition) is 0. The fourth-order valence-electron chi connectivity index (χ4n) is 1.05. The van der Waals surface area contributed by atoms with E-state index in [9.17, 15) is 0 Å². The second-order valence-electron chi connectivity index (χ2n) is 2.72. The molecule has 0 aliphatic carbocycles. The lowest BCUT2D eigenvalue weighted by Crippen LogP contribution is -1.82. The Hall–Kier alpha value is -0.520. The molecule has 0 amide bonds. The molecule has 0 unspecified atom stereocenters. The molecule has 0 aromatic rings. The van der Waals surface area contributed by atoms with E-state index in [1.807, 2.05) is 6.08 Å². The molecule has 0 saturated carbocycles. The van der Waals surface area contributed by atoms with Gasteiger partial charge in [-0.3, -0.25) is 0 Å². The Morgan fingerprint density at radius 3 is 2.55 bits per heavy atom. The van der Waals surface area contributed by atoms with E-state index in [4.69, 9.17) is 0 Å². The summed E-state index contributed by atoms with van der Waals surface area (Å²) in [5.41, 5.74) is 1.41. The van der Waals surface area contributed by atoms with Gasteiger partial charge in [0, 0.05) is 6.42 Å². The van der Waals surface area contributed by atoms with Crippen molar-refractivity contribution in [3.05, 3.63) is 30.7 Å². The van der Waals surface area contributed by atoms with E-state index in [1.54, 1.807) is 0 Å². The van der Waals surface area contributed by atoms with Crippen molar-refractivity contribution in [2.24, 2.45) is 0 Å². The van der Waals surface area contributed by atoms with Gasteiger partial charge in [0.2, 0.25) is 0 Å². The molecule has 11 heavy (non-hydrogen) atoms. The van der Waals surface area contributed by atoms with Crippen LogP contribution in [0.4, 0.5) is 0 Å². The summed E-state index contributed by atoms with van der Waals surface area (Å²) in [5, 5.41) is 0. The Kier molecular flexibility index (Phi) is 7.23. The fourth-order valence-corrected chi connectivity index (χ4v) is 1.05. The van der Waals surface area contributed by atoms with Crippen molar-refractivity contribution in [1.29, 1.82) is 0 Å². The standard InChI is InChI=1S/C11H19/c1-4-7-8-10-11(6-3)9-5-2/h5-6,9H,2,4,7-8,10H2,1,3H3/b11-6+. The van der Waals surface area contributed by atoms with Gasteiger partial charge in [0.25, 0.3) is 0 Å². The summed E-state index contributed by atoms with van der Waals surface area (Å²) >= 11 is 0. The van der Waals surface area contributed by atoms with Gasteiger partial charge in [0.1, 0.15) is 0 Å². The van der Waals surface area contributed by atoms with Gasteiger partial charge in [-0.2, -0.15) is 0 Å². The molecule has 0 heteroatoms. The predicted molar refractivity (Wildman–Crippen MR) is 52.4 cm³/mol. The van der Waals surface area contributed by atoms with Gasteiger partial charge in [-0.1, -0.05) is 37.5 Å². The van der Waals surface area contributed by atoms with Gasteiger partial charge < -0.3 is 0 Å². The summed E-state index contributed by atoms with van der Waals surface area (Å²) in [6.07, 6.45) is 11.3. The monoisotopic (exact) mass is 151 g/mol. The van der Waals surface area contributed by atoms with Gasteiger partial charge >= 0.3 is 0 Å².